The Morgan fingerprint density at radius 2 is 1.59 bits per heavy atom. The van der Waals surface area contributed by atoms with Gasteiger partial charge in [0.1, 0.15) is 34.5 Å². The summed E-state index contributed by atoms with van der Waals surface area (Å²) < 4.78 is 82.6. The molecule has 0 aliphatic heterocycles. The van der Waals surface area contributed by atoms with Crippen LogP contribution in [0.15, 0.2) is 59.5 Å². The van der Waals surface area contributed by atoms with Gasteiger partial charge in [-0.25, -0.2) is 26.2 Å². The fraction of sp³-hybridized carbons (Fsp3) is 0.269. The van der Waals surface area contributed by atoms with Gasteiger partial charge in [-0.2, -0.15) is 0 Å². The van der Waals surface area contributed by atoms with E-state index in [1.807, 2.05) is 0 Å². The molecule has 1 N–H and O–H groups in total. The molecule has 1 atom stereocenters. The summed E-state index contributed by atoms with van der Waals surface area (Å²) in [7, 11) is -3.86. The summed E-state index contributed by atoms with van der Waals surface area (Å²) in [5, 5.41) is 19.1. The van der Waals surface area contributed by atoms with Crippen LogP contribution in [0.3, 0.4) is 0 Å². The maximum Gasteiger partial charge on any atom is 0.213 e. The van der Waals surface area contributed by atoms with E-state index in [2.05, 4.69) is 15.2 Å². The number of aliphatic hydroxyl groups is 1. The van der Waals surface area contributed by atoms with Crippen molar-refractivity contribution >= 4 is 19.7 Å². The van der Waals surface area contributed by atoms with Gasteiger partial charge in [-0.1, -0.05) is 18.2 Å². The molecule has 4 rings (SSSR count). The van der Waals surface area contributed by atoms with Crippen LogP contribution in [0, 0.1) is 5.82 Å². The maximum atomic E-state index is 13.8. The number of halogens is 1. The number of para-hydroxylation sites is 1. The number of hydrogen-bond donors (Lipinski definition) is 1. The first-order valence-electron chi connectivity index (χ1n) is 11.9. The van der Waals surface area contributed by atoms with Crippen molar-refractivity contribution in [2.24, 2.45) is 0 Å². The Balaban J connectivity index is 1.82. The third kappa shape index (κ3) is 6.47. The Morgan fingerprint density at radius 1 is 0.927 bits per heavy atom. The van der Waals surface area contributed by atoms with Gasteiger partial charge < -0.3 is 19.3 Å². The molecule has 0 fully saturated rings. The minimum absolute atomic E-state index is 0.0675. The van der Waals surface area contributed by atoms with E-state index in [0.29, 0.717) is 22.9 Å². The van der Waals surface area contributed by atoms with Crippen molar-refractivity contribution in [1.29, 1.82) is 0 Å². The normalized spacial score (nSPS) is 12.6. The van der Waals surface area contributed by atoms with E-state index in [0.717, 1.165) is 24.5 Å². The summed E-state index contributed by atoms with van der Waals surface area (Å²) in [6.45, 7) is 0. The predicted molar refractivity (Wildman–Crippen MR) is 146 cm³/mol. The van der Waals surface area contributed by atoms with Gasteiger partial charge in [0.25, 0.3) is 0 Å². The number of aromatic nitrogens is 4. The highest BCUT2D eigenvalue weighted by molar-refractivity contribution is 7.91. The van der Waals surface area contributed by atoms with E-state index < -0.39 is 48.0 Å². The lowest BCUT2D eigenvalue weighted by molar-refractivity contribution is 0.198. The van der Waals surface area contributed by atoms with Gasteiger partial charge in [0.2, 0.25) is 5.88 Å². The molecule has 0 spiro atoms. The second-order valence-corrected chi connectivity index (χ2v) is 13.0. The number of ether oxygens (including phenoxy) is 3. The smallest absolute Gasteiger partial charge is 0.213 e. The number of rotatable bonds is 11. The maximum absolute atomic E-state index is 13.8. The molecule has 41 heavy (non-hydrogen) atoms. The molecule has 4 aromatic rings. The zero-order valence-corrected chi connectivity index (χ0v) is 24.1. The van der Waals surface area contributed by atoms with Crippen LogP contribution in [0.4, 0.5) is 4.39 Å². The SMILES string of the molecule is COc1cccc(-c2nnc(CS(=O)(=O)C[C@H](O)c3ccc(F)cc3S(C)(=O)=O)n2-c2c(OC)cccc2OC)n1. The van der Waals surface area contributed by atoms with Crippen LogP contribution in [0.25, 0.3) is 17.2 Å². The largest absolute Gasteiger partial charge is 0.494 e. The second kappa shape index (κ2) is 11.8. The number of nitrogens with zero attached hydrogens (tertiary/aromatic N) is 4. The predicted octanol–water partition coefficient (Wildman–Crippen LogP) is 2.55. The van der Waals surface area contributed by atoms with Gasteiger partial charge in [0.05, 0.1) is 38.1 Å². The zero-order chi connectivity index (χ0) is 29.9. The van der Waals surface area contributed by atoms with Crippen LogP contribution < -0.4 is 14.2 Å². The van der Waals surface area contributed by atoms with Crippen LogP contribution in [0.2, 0.25) is 0 Å². The molecule has 0 aliphatic rings. The van der Waals surface area contributed by atoms with Crippen molar-refractivity contribution in [1.82, 2.24) is 19.7 Å². The quantitative estimate of drug-likeness (QED) is 0.267. The standard InChI is InChI=1S/C26H27FN4O8S2/c1-37-20-8-6-9-21(38-2)25(20)31-23(29-30-26(31)18-7-5-10-24(28-18)39-3)15-41(35,36)14-19(32)17-12-11-16(27)13-22(17)40(4,33)34/h5-13,19,32H,14-15H2,1-4H3/t19-/m0/s1. The third-order valence-corrected chi connectivity index (χ3v) is 8.69. The molecule has 0 unspecified atom stereocenters. The Morgan fingerprint density at radius 3 is 2.20 bits per heavy atom. The topological polar surface area (TPSA) is 160 Å². The summed E-state index contributed by atoms with van der Waals surface area (Å²) in [6.07, 6.45) is -0.939. The summed E-state index contributed by atoms with van der Waals surface area (Å²) in [4.78, 5) is 3.89. The van der Waals surface area contributed by atoms with Gasteiger partial charge in [-0.05, 0) is 30.3 Å². The van der Waals surface area contributed by atoms with Crippen molar-refractivity contribution in [3.8, 4) is 34.6 Å². The van der Waals surface area contributed by atoms with E-state index in [9.17, 15) is 26.3 Å². The molecular formula is C26H27FN4O8S2. The number of aliphatic hydroxyl groups excluding tert-OH is 1. The monoisotopic (exact) mass is 606 g/mol. The fourth-order valence-corrected chi connectivity index (χ4v) is 6.52. The van der Waals surface area contributed by atoms with Crippen LogP contribution in [0.1, 0.15) is 17.5 Å². The lowest BCUT2D eigenvalue weighted by Crippen LogP contribution is -2.20. The molecule has 0 amide bonds. The van der Waals surface area contributed by atoms with Crippen molar-refractivity contribution in [3.63, 3.8) is 0 Å². The molecule has 0 aliphatic carbocycles. The first-order valence-corrected chi connectivity index (χ1v) is 15.6. The summed E-state index contributed by atoms with van der Waals surface area (Å²) in [5.41, 5.74) is 0.356. The Bertz CT molecular complexity index is 1770. The van der Waals surface area contributed by atoms with Crippen LogP contribution in [-0.4, -0.2) is 75.0 Å². The third-order valence-electron chi connectivity index (χ3n) is 6.01. The van der Waals surface area contributed by atoms with Gasteiger partial charge in [-0.15, -0.1) is 10.2 Å². The minimum atomic E-state index is -4.19. The second-order valence-electron chi connectivity index (χ2n) is 8.88. The molecule has 0 saturated heterocycles. The van der Waals surface area contributed by atoms with E-state index in [1.165, 1.54) is 25.9 Å². The number of methoxy groups -OCH3 is 3. The van der Waals surface area contributed by atoms with Gasteiger partial charge >= 0.3 is 0 Å². The van der Waals surface area contributed by atoms with E-state index in [-0.39, 0.29) is 23.1 Å². The highest BCUT2D eigenvalue weighted by atomic mass is 32.2. The van der Waals surface area contributed by atoms with Gasteiger partial charge in [0.15, 0.2) is 31.3 Å². The van der Waals surface area contributed by atoms with Crippen LogP contribution >= 0.6 is 0 Å². The fourth-order valence-electron chi connectivity index (χ4n) is 4.21. The minimum Gasteiger partial charge on any atom is -0.494 e. The molecule has 12 nitrogen and oxygen atoms in total. The van der Waals surface area contributed by atoms with Crippen LogP contribution in [-0.2, 0) is 25.4 Å². The Labute approximate surface area is 236 Å². The van der Waals surface area contributed by atoms with Crippen molar-refractivity contribution in [3.05, 3.63) is 71.8 Å². The molecule has 218 valence electrons. The van der Waals surface area contributed by atoms with E-state index in [4.69, 9.17) is 14.2 Å². The number of hydrogen-bond acceptors (Lipinski definition) is 11. The Kier molecular flexibility index (Phi) is 8.60. The summed E-state index contributed by atoms with van der Waals surface area (Å²) >= 11 is 0. The molecule has 2 aromatic heterocycles. The molecule has 0 bridgehead atoms. The first kappa shape index (κ1) is 29.9. The van der Waals surface area contributed by atoms with E-state index >= 15 is 0 Å². The number of benzene rings is 2. The average molecular weight is 607 g/mol. The van der Waals surface area contributed by atoms with Gasteiger partial charge in [-0.3, -0.25) is 4.57 Å². The van der Waals surface area contributed by atoms with E-state index in [1.54, 1.807) is 36.4 Å². The molecule has 0 radical (unpaired) electrons. The molecule has 2 heterocycles. The zero-order valence-electron chi connectivity index (χ0n) is 22.5. The number of sulfone groups is 2. The Hall–Kier alpha value is -4.08. The lowest BCUT2D eigenvalue weighted by atomic mass is 10.1. The first-order chi connectivity index (χ1) is 19.4. The highest BCUT2D eigenvalue weighted by Crippen LogP contribution is 2.37. The van der Waals surface area contributed by atoms with Crippen molar-refractivity contribution in [2.75, 3.05) is 33.3 Å². The van der Waals surface area contributed by atoms with Crippen molar-refractivity contribution in [2.45, 2.75) is 16.8 Å². The summed E-state index contributed by atoms with van der Waals surface area (Å²) in [5.74, 6) is -1.46. The molecule has 0 saturated carbocycles. The lowest BCUT2D eigenvalue weighted by Gasteiger charge is -2.18. The molecular weight excluding hydrogens is 579 g/mol. The number of pyridine rings is 1. The van der Waals surface area contributed by atoms with Gasteiger partial charge in [0, 0.05) is 17.9 Å². The van der Waals surface area contributed by atoms with Crippen molar-refractivity contribution < 1.29 is 40.5 Å². The summed E-state index contributed by atoms with van der Waals surface area (Å²) in [6, 6.07) is 12.6. The highest BCUT2D eigenvalue weighted by Gasteiger charge is 2.29. The molecule has 15 heteroatoms. The molecule has 2 aromatic carbocycles. The van der Waals surface area contributed by atoms with Crippen LogP contribution in [0.5, 0.6) is 17.4 Å². The average Bonchev–Trinajstić information content (AvgIpc) is 3.33.